The Morgan fingerprint density at radius 2 is 2.06 bits per heavy atom. The first-order valence-corrected chi connectivity index (χ1v) is 6.26. The van der Waals surface area contributed by atoms with Gasteiger partial charge in [0.15, 0.2) is 0 Å². The van der Waals surface area contributed by atoms with E-state index < -0.39 is 0 Å². The van der Waals surface area contributed by atoms with Crippen molar-refractivity contribution in [1.82, 2.24) is 4.98 Å². The van der Waals surface area contributed by atoms with Gasteiger partial charge in [-0.25, -0.2) is 0 Å². The van der Waals surface area contributed by atoms with E-state index in [9.17, 15) is 0 Å². The molecule has 0 radical (unpaired) electrons. The Kier molecular flexibility index (Phi) is 4.28. The first-order chi connectivity index (χ1) is 8.69. The molecular formula is C13H12Cl2N2O. The molecular weight excluding hydrogens is 271 g/mol. The van der Waals surface area contributed by atoms with Gasteiger partial charge in [-0.15, -0.1) is 0 Å². The average molecular weight is 283 g/mol. The van der Waals surface area contributed by atoms with Crippen molar-refractivity contribution in [2.45, 2.75) is 6.92 Å². The molecule has 2 rings (SSSR count). The predicted octanol–water partition coefficient (Wildman–Crippen LogP) is 4.61. The Hall–Kier alpha value is -1.45. The lowest BCUT2D eigenvalue weighted by molar-refractivity contribution is 0.481. The van der Waals surface area contributed by atoms with Gasteiger partial charge in [0.25, 0.3) is 0 Å². The first-order valence-electron chi connectivity index (χ1n) is 5.51. The second kappa shape index (κ2) is 5.94. The Morgan fingerprint density at radius 1 is 1.22 bits per heavy atom. The Labute approximate surface area is 116 Å². The summed E-state index contributed by atoms with van der Waals surface area (Å²) in [5, 5.41) is 4.21. The second-order valence-corrected chi connectivity index (χ2v) is 4.46. The van der Waals surface area contributed by atoms with E-state index >= 15 is 0 Å². The van der Waals surface area contributed by atoms with Crippen LogP contribution in [-0.4, -0.2) is 11.5 Å². The molecule has 0 aliphatic carbocycles. The Balaban J connectivity index is 2.20. The van der Waals surface area contributed by atoms with Crippen molar-refractivity contribution in [3.8, 4) is 11.5 Å². The molecule has 0 aliphatic heterocycles. The highest BCUT2D eigenvalue weighted by molar-refractivity contribution is 6.35. The average Bonchev–Trinajstić information content (AvgIpc) is 2.34. The van der Waals surface area contributed by atoms with Gasteiger partial charge in [0.1, 0.15) is 11.5 Å². The van der Waals surface area contributed by atoms with Gasteiger partial charge in [-0.05, 0) is 25.1 Å². The highest BCUT2D eigenvalue weighted by Crippen LogP contribution is 2.31. The van der Waals surface area contributed by atoms with E-state index in [0.29, 0.717) is 21.5 Å². The number of ether oxygens (including phenoxy) is 1. The summed E-state index contributed by atoms with van der Waals surface area (Å²) in [6.45, 7) is 2.84. The number of benzene rings is 1. The number of pyridine rings is 1. The highest BCUT2D eigenvalue weighted by Gasteiger charge is 2.04. The summed E-state index contributed by atoms with van der Waals surface area (Å²) >= 11 is 11.9. The number of anilines is 1. The molecule has 0 saturated heterocycles. The minimum atomic E-state index is 0.469. The topological polar surface area (TPSA) is 34.2 Å². The smallest absolute Gasteiger partial charge is 0.147 e. The van der Waals surface area contributed by atoms with Crippen LogP contribution < -0.4 is 10.1 Å². The molecule has 94 valence electrons. The van der Waals surface area contributed by atoms with Gasteiger partial charge >= 0.3 is 0 Å². The molecule has 0 unspecified atom stereocenters. The maximum absolute atomic E-state index is 6.03. The van der Waals surface area contributed by atoms with Crippen LogP contribution in [0.3, 0.4) is 0 Å². The van der Waals surface area contributed by atoms with Gasteiger partial charge in [-0.2, -0.15) is 0 Å². The first kappa shape index (κ1) is 13.0. The molecule has 0 bridgehead atoms. The molecule has 1 aromatic carbocycles. The quantitative estimate of drug-likeness (QED) is 0.889. The monoisotopic (exact) mass is 282 g/mol. The molecule has 0 amide bonds. The third-order valence-electron chi connectivity index (χ3n) is 2.22. The number of halogens is 2. The lowest BCUT2D eigenvalue weighted by Gasteiger charge is -2.09. The fourth-order valence-electron chi connectivity index (χ4n) is 1.46. The van der Waals surface area contributed by atoms with Crippen molar-refractivity contribution in [2.75, 3.05) is 11.9 Å². The molecule has 1 N–H and O–H groups in total. The van der Waals surface area contributed by atoms with E-state index in [-0.39, 0.29) is 0 Å². The van der Waals surface area contributed by atoms with Crippen molar-refractivity contribution < 1.29 is 4.74 Å². The Morgan fingerprint density at radius 3 is 2.78 bits per heavy atom. The molecule has 1 aromatic heterocycles. The highest BCUT2D eigenvalue weighted by atomic mass is 35.5. The zero-order valence-corrected chi connectivity index (χ0v) is 11.3. The minimum absolute atomic E-state index is 0.469. The number of rotatable bonds is 4. The fourth-order valence-corrected chi connectivity index (χ4v) is 1.91. The van der Waals surface area contributed by atoms with Crippen molar-refractivity contribution >= 4 is 28.9 Å². The summed E-state index contributed by atoms with van der Waals surface area (Å²) in [4.78, 5) is 4.09. The minimum Gasteiger partial charge on any atom is -0.454 e. The number of nitrogens with zero attached hydrogens (tertiary/aromatic N) is 1. The molecule has 0 atom stereocenters. The van der Waals surface area contributed by atoms with Gasteiger partial charge in [0.2, 0.25) is 0 Å². The molecule has 0 aliphatic rings. The normalized spacial score (nSPS) is 10.2. The zero-order chi connectivity index (χ0) is 13.0. The standard InChI is InChI=1S/C13H12Cl2N2O/c1-2-17-10-6-11(8-16-7-10)18-13-4-3-9(14)5-12(13)15/h3-8,17H,2H2,1H3. The summed E-state index contributed by atoms with van der Waals surface area (Å²) in [5.41, 5.74) is 0.903. The maximum Gasteiger partial charge on any atom is 0.147 e. The SMILES string of the molecule is CCNc1cncc(Oc2ccc(Cl)cc2Cl)c1. The summed E-state index contributed by atoms with van der Waals surface area (Å²) in [7, 11) is 0. The lowest BCUT2D eigenvalue weighted by atomic mass is 10.3. The van der Waals surface area contributed by atoms with Gasteiger partial charge in [-0.3, -0.25) is 4.98 Å². The molecule has 0 saturated carbocycles. The third-order valence-corrected chi connectivity index (χ3v) is 2.75. The van der Waals surface area contributed by atoms with Crippen LogP contribution in [0.1, 0.15) is 6.92 Å². The summed E-state index contributed by atoms with van der Waals surface area (Å²) in [5.74, 6) is 1.18. The number of aromatic nitrogens is 1. The third kappa shape index (κ3) is 3.28. The van der Waals surface area contributed by atoms with E-state index in [1.54, 1.807) is 30.6 Å². The van der Waals surface area contributed by atoms with Crippen LogP contribution in [0.2, 0.25) is 10.0 Å². The van der Waals surface area contributed by atoms with Gasteiger partial charge in [0, 0.05) is 17.6 Å². The van der Waals surface area contributed by atoms with E-state index in [0.717, 1.165) is 12.2 Å². The molecule has 5 heteroatoms. The molecule has 0 fully saturated rings. The van der Waals surface area contributed by atoms with E-state index in [1.165, 1.54) is 0 Å². The fraction of sp³-hybridized carbons (Fsp3) is 0.154. The van der Waals surface area contributed by atoms with Crippen LogP contribution in [0.25, 0.3) is 0 Å². The molecule has 18 heavy (non-hydrogen) atoms. The number of nitrogens with one attached hydrogen (secondary N) is 1. The second-order valence-electron chi connectivity index (χ2n) is 3.62. The lowest BCUT2D eigenvalue weighted by Crippen LogP contribution is -1.97. The summed E-state index contributed by atoms with van der Waals surface area (Å²) in [6, 6.07) is 6.95. The van der Waals surface area contributed by atoms with Crippen molar-refractivity contribution in [2.24, 2.45) is 0 Å². The number of hydrogen-bond donors (Lipinski definition) is 1. The van der Waals surface area contributed by atoms with Gasteiger partial charge in [0.05, 0.1) is 23.1 Å². The van der Waals surface area contributed by atoms with Crippen LogP contribution >= 0.6 is 23.2 Å². The molecule has 1 heterocycles. The van der Waals surface area contributed by atoms with Crippen molar-refractivity contribution in [1.29, 1.82) is 0 Å². The van der Waals surface area contributed by atoms with Crippen molar-refractivity contribution in [3.05, 3.63) is 46.7 Å². The Bertz CT molecular complexity index is 546. The van der Waals surface area contributed by atoms with Crippen LogP contribution in [0.5, 0.6) is 11.5 Å². The van der Waals surface area contributed by atoms with Gasteiger partial charge < -0.3 is 10.1 Å². The molecule has 0 spiro atoms. The number of hydrogen-bond acceptors (Lipinski definition) is 3. The summed E-state index contributed by atoms with van der Waals surface area (Å²) < 4.78 is 5.66. The van der Waals surface area contributed by atoms with E-state index in [1.807, 2.05) is 13.0 Å². The van der Waals surface area contributed by atoms with Crippen LogP contribution in [0.15, 0.2) is 36.7 Å². The van der Waals surface area contributed by atoms with E-state index in [4.69, 9.17) is 27.9 Å². The zero-order valence-electron chi connectivity index (χ0n) is 9.78. The van der Waals surface area contributed by atoms with E-state index in [2.05, 4.69) is 10.3 Å². The molecule has 3 nitrogen and oxygen atoms in total. The largest absolute Gasteiger partial charge is 0.454 e. The maximum atomic E-state index is 6.03. The summed E-state index contributed by atoms with van der Waals surface area (Å²) in [6.07, 6.45) is 3.37. The predicted molar refractivity (Wildman–Crippen MR) is 74.9 cm³/mol. The van der Waals surface area contributed by atoms with Crippen LogP contribution in [0, 0.1) is 0 Å². The van der Waals surface area contributed by atoms with Crippen LogP contribution in [0.4, 0.5) is 5.69 Å². The van der Waals surface area contributed by atoms with Crippen molar-refractivity contribution in [3.63, 3.8) is 0 Å². The van der Waals surface area contributed by atoms with Gasteiger partial charge in [-0.1, -0.05) is 23.2 Å². The van der Waals surface area contributed by atoms with Crippen LogP contribution in [-0.2, 0) is 0 Å². The molecule has 2 aromatic rings.